The molecule has 1 heterocycles. The summed E-state index contributed by atoms with van der Waals surface area (Å²) >= 11 is 6.00. The Labute approximate surface area is 158 Å². The molecule has 0 saturated carbocycles. The number of nitrogens with zero attached hydrogens (tertiary/aromatic N) is 2. The van der Waals surface area contributed by atoms with Crippen LogP contribution in [0.2, 0.25) is 5.02 Å². The third-order valence-electron chi connectivity index (χ3n) is 4.87. The van der Waals surface area contributed by atoms with Crippen LogP contribution in [0.5, 0.6) is 5.75 Å². The fourth-order valence-electron chi connectivity index (χ4n) is 3.46. The van der Waals surface area contributed by atoms with Crippen molar-refractivity contribution in [3.8, 4) is 5.75 Å². The molecule has 0 spiro atoms. The lowest BCUT2D eigenvalue weighted by atomic mass is 10.1. The Kier molecular flexibility index (Phi) is 6.48. The van der Waals surface area contributed by atoms with E-state index in [1.54, 1.807) is 12.1 Å². The summed E-state index contributed by atoms with van der Waals surface area (Å²) in [7, 11) is 0. The number of halogens is 2. The third kappa shape index (κ3) is 4.95. The average molecular weight is 379 g/mol. The average Bonchev–Trinajstić information content (AvgIpc) is 2.62. The maximum absolute atomic E-state index is 13.1. The third-order valence-corrected chi connectivity index (χ3v) is 5.17. The van der Waals surface area contributed by atoms with Gasteiger partial charge in [-0.2, -0.15) is 0 Å². The standard InChI is InChI=1S/C20H24ClFN2O2/c21-19-11-16(3-6-20(19)26)12-23-8-9-24(18(14-23)7-10-25)13-15-1-4-17(22)5-2-15/h1-6,11,18,25-26H,7-10,12-14H2/t18-/m1/s1. The van der Waals surface area contributed by atoms with E-state index in [2.05, 4.69) is 9.80 Å². The van der Waals surface area contributed by atoms with Gasteiger partial charge < -0.3 is 10.2 Å². The van der Waals surface area contributed by atoms with E-state index in [9.17, 15) is 14.6 Å². The Bertz CT molecular complexity index is 726. The number of aromatic hydroxyl groups is 1. The number of piperazine rings is 1. The van der Waals surface area contributed by atoms with Gasteiger partial charge >= 0.3 is 0 Å². The summed E-state index contributed by atoms with van der Waals surface area (Å²) in [5, 5.41) is 19.4. The van der Waals surface area contributed by atoms with E-state index in [1.807, 2.05) is 18.2 Å². The SMILES string of the molecule is OCC[C@@H]1CN(Cc2ccc(O)c(Cl)c2)CCN1Cc1ccc(F)cc1. The van der Waals surface area contributed by atoms with Crippen LogP contribution in [0.25, 0.3) is 0 Å². The van der Waals surface area contributed by atoms with Crippen LogP contribution in [-0.2, 0) is 13.1 Å². The van der Waals surface area contributed by atoms with Gasteiger partial charge in [0.1, 0.15) is 11.6 Å². The summed E-state index contributed by atoms with van der Waals surface area (Å²) in [5.74, 6) is -0.129. The second-order valence-electron chi connectivity index (χ2n) is 6.78. The van der Waals surface area contributed by atoms with Crippen LogP contribution < -0.4 is 0 Å². The molecule has 0 aromatic heterocycles. The predicted octanol–water partition coefficient (Wildman–Crippen LogP) is 3.25. The van der Waals surface area contributed by atoms with Gasteiger partial charge in [-0.1, -0.05) is 29.8 Å². The van der Waals surface area contributed by atoms with Crippen molar-refractivity contribution >= 4 is 11.6 Å². The van der Waals surface area contributed by atoms with Gasteiger partial charge in [0.2, 0.25) is 0 Å². The maximum atomic E-state index is 13.1. The molecule has 2 N–H and O–H groups in total. The van der Waals surface area contributed by atoms with Crippen molar-refractivity contribution in [3.05, 3.63) is 64.4 Å². The summed E-state index contributed by atoms with van der Waals surface area (Å²) in [5.41, 5.74) is 2.13. The molecular formula is C20H24ClFN2O2. The lowest BCUT2D eigenvalue weighted by molar-refractivity contribution is 0.0499. The van der Waals surface area contributed by atoms with Crippen LogP contribution in [0, 0.1) is 5.82 Å². The Morgan fingerprint density at radius 3 is 2.46 bits per heavy atom. The van der Waals surface area contributed by atoms with Crippen molar-refractivity contribution in [2.45, 2.75) is 25.6 Å². The lowest BCUT2D eigenvalue weighted by Crippen LogP contribution is -2.52. The van der Waals surface area contributed by atoms with E-state index in [0.717, 1.165) is 43.9 Å². The van der Waals surface area contributed by atoms with E-state index < -0.39 is 0 Å². The van der Waals surface area contributed by atoms with Gasteiger partial charge in [-0.3, -0.25) is 9.80 Å². The van der Waals surface area contributed by atoms with Gasteiger partial charge in [0.15, 0.2) is 0 Å². The highest BCUT2D eigenvalue weighted by Gasteiger charge is 2.26. The molecule has 0 amide bonds. The Morgan fingerprint density at radius 1 is 1.04 bits per heavy atom. The predicted molar refractivity (Wildman–Crippen MR) is 101 cm³/mol. The molecule has 0 aliphatic carbocycles. The zero-order valence-electron chi connectivity index (χ0n) is 14.6. The number of hydrogen-bond acceptors (Lipinski definition) is 4. The van der Waals surface area contributed by atoms with Crippen LogP contribution in [0.3, 0.4) is 0 Å². The van der Waals surface area contributed by atoms with Crippen LogP contribution >= 0.6 is 11.6 Å². The van der Waals surface area contributed by atoms with Crippen LogP contribution in [0.1, 0.15) is 17.5 Å². The number of hydrogen-bond donors (Lipinski definition) is 2. The first-order valence-corrected chi connectivity index (χ1v) is 9.22. The Morgan fingerprint density at radius 2 is 1.77 bits per heavy atom. The minimum atomic E-state index is -0.224. The van der Waals surface area contributed by atoms with Crippen molar-refractivity contribution in [1.29, 1.82) is 0 Å². The number of rotatable bonds is 6. The maximum Gasteiger partial charge on any atom is 0.134 e. The van der Waals surface area contributed by atoms with Gasteiger partial charge in [-0.15, -0.1) is 0 Å². The minimum absolute atomic E-state index is 0.0951. The van der Waals surface area contributed by atoms with Crippen molar-refractivity contribution in [3.63, 3.8) is 0 Å². The second-order valence-corrected chi connectivity index (χ2v) is 7.19. The van der Waals surface area contributed by atoms with Crippen molar-refractivity contribution in [2.24, 2.45) is 0 Å². The quantitative estimate of drug-likeness (QED) is 0.810. The molecule has 1 fully saturated rings. The minimum Gasteiger partial charge on any atom is -0.506 e. The highest BCUT2D eigenvalue weighted by molar-refractivity contribution is 6.32. The van der Waals surface area contributed by atoms with Gasteiger partial charge in [0.25, 0.3) is 0 Å². The molecule has 3 rings (SSSR count). The van der Waals surface area contributed by atoms with Crippen LogP contribution in [-0.4, -0.2) is 52.3 Å². The first-order chi connectivity index (χ1) is 12.5. The van der Waals surface area contributed by atoms with Crippen molar-refractivity contribution < 1.29 is 14.6 Å². The summed E-state index contributed by atoms with van der Waals surface area (Å²) in [4.78, 5) is 4.69. The molecule has 2 aromatic rings. The Hall–Kier alpha value is -1.66. The molecule has 1 atom stereocenters. The fourth-order valence-corrected chi connectivity index (χ4v) is 3.67. The topological polar surface area (TPSA) is 46.9 Å². The van der Waals surface area contributed by atoms with Gasteiger partial charge in [0.05, 0.1) is 5.02 Å². The second kappa shape index (κ2) is 8.82. The molecule has 0 radical (unpaired) electrons. The van der Waals surface area contributed by atoms with Crippen LogP contribution in [0.4, 0.5) is 4.39 Å². The number of benzene rings is 2. The molecule has 0 unspecified atom stereocenters. The summed E-state index contributed by atoms with van der Waals surface area (Å²) < 4.78 is 13.1. The number of phenols is 1. The smallest absolute Gasteiger partial charge is 0.134 e. The zero-order chi connectivity index (χ0) is 18.5. The molecular weight excluding hydrogens is 355 g/mol. The lowest BCUT2D eigenvalue weighted by Gasteiger charge is -2.41. The summed E-state index contributed by atoms with van der Waals surface area (Å²) in [6.07, 6.45) is 0.702. The summed E-state index contributed by atoms with van der Waals surface area (Å²) in [6.45, 7) is 4.29. The molecule has 1 saturated heterocycles. The molecule has 1 aliphatic heterocycles. The van der Waals surface area contributed by atoms with Gasteiger partial charge in [-0.05, 0) is 41.8 Å². The van der Waals surface area contributed by atoms with E-state index in [-0.39, 0.29) is 24.2 Å². The van der Waals surface area contributed by atoms with Gasteiger partial charge in [0, 0.05) is 45.4 Å². The van der Waals surface area contributed by atoms with E-state index in [1.165, 1.54) is 12.1 Å². The molecule has 2 aromatic carbocycles. The molecule has 4 nitrogen and oxygen atoms in total. The van der Waals surface area contributed by atoms with Crippen molar-refractivity contribution in [2.75, 3.05) is 26.2 Å². The summed E-state index contributed by atoms with van der Waals surface area (Å²) in [6, 6.07) is 12.1. The van der Waals surface area contributed by atoms with Crippen molar-refractivity contribution in [1.82, 2.24) is 9.80 Å². The largest absolute Gasteiger partial charge is 0.506 e. The molecule has 1 aliphatic rings. The fraction of sp³-hybridized carbons (Fsp3) is 0.400. The number of aliphatic hydroxyl groups is 1. The first kappa shape index (κ1) is 19.1. The molecule has 140 valence electrons. The molecule has 26 heavy (non-hydrogen) atoms. The van der Waals surface area contributed by atoms with Crippen LogP contribution in [0.15, 0.2) is 42.5 Å². The highest BCUT2D eigenvalue weighted by Crippen LogP contribution is 2.25. The van der Waals surface area contributed by atoms with Gasteiger partial charge in [-0.25, -0.2) is 4.39 Å². The highest BCUT2D eigenvalue weighted by atomic mass is 35.5. The number of aliphatic hydroxyl groups excluding tert-OH is 1. The number of phenolic OH excluding ortho intramolecular Hbond substituents is 1. The normalized spacial score (nSPS) is 19.0. The van der Waals surface area contributed by atoms with E-state index in [0.29, 0.717) is 11.4 Å². The molecule has 6 heteroatoms. The first-order valence-electron chi connectivity index (χ1n) is 8.84. The molecule has 0 bridgehead atoms. The monoisotopic (exact) mass is 378 g/mol. The Balaban J connectivity index is 1.63. The van der Waals surface area contributed by atoms with E-state index >= 15 is 0 Å². The van der Waals surface area contributed by atoms with E-state index in [4.69, 9.17) is 11.6 Å². The zero-order valence-corrected chi connectivity index (χ0v) is 15.4.